The molecule has 0 saturated heterocycles. The van der Waals surface area contributed by atoms with Gasteiger partial charge in [0.05, 0.1) is 9.23 Å². The minimum atomic E-state index is 0.761. The topological polar surface area (TPSA) is 0 Å². The summed E-state index contributed by atoms with van der Waals surface area (Å²) in [6.45, 7) is 0. The number of hydrogen-bond donors (Lipinski definition) is 1. The fourth-order valence-corrected chi connectivity index (χ4v) is 3.25. The highest BCUT2D eigenvalue weighted by Crippen LogP contribution is 2.37. The van der Waals surface area contributed by atoms with Gasteiger partial charge < -0.3 is 0 Å². The molecule has 0 radical (unpaired) electrons. The minimum Gasteiger partial charge on any atom is -0.142 e. The second kappa shape index (κ2) is 3.73. The third kappa shape index (κ3) is 1.71. The molecular formula is C9H7ClS3. The zero-order chi connectivity index (χ0) is 9.42. The molecule has 68 valence electrons. The molecule has 0 aliphatic carbocycles. The van der Waals surface area contributed by atoms with Crippen molar-refractivity contribution in [2.24, 2.45) is 0 Å². The lowest BCUT2D eigenvalue weighted by Gasteiger charge is -1.96. The van der Waals surface area contributed by atoms with E-state index in [2.05, 4.69) is 31.0 Å². The fourth-order valence-electron chi connectivity index (χ4n) is 1.14. The van der Waals surface area contributed by atoms with Gasteiger partial charge in [-0.2, -0.15) is 0 Å². The average Bonchev–Trinajstić information content (AvgIpc) is 2.55. The predicted octanol–water partition coefficient (Wildman–Crippen LogP) is 4.57. The molecular weight excluding hydrogens is 240 g/mol. The molecule has 0 unspecified atom stereocenters. The van der Waals surface area contributed by atoms with Crippen molar-refractivity contribution in [3.05, 3.63) is 23.2 Å². The maximum atomic E-state index is 6.12. The van der Waals surface area contributed by atoms with Crippen molar-refractivity contribution < 1.29 is 0 Å². The molecule has 13 heavy (non-hydrogen) atoms. The van der Waals surface area contributed by atoms with E-state index in [9.17, 15) is 0 Å². The summed E-state index contributed by atoms with van der Waals surface area (Å²) in [7, 11) is 0. The Labute approximate surface area is 95.7 Å². The summed E-state index contributed by atoms with van der Waals surface area (Å²) in [5.74, 6) is 0. The third-order valence-electron chi connectivity index (χ3n) is 1.79. The van der Waals surface area contributed by atoms with E-state index in [0.29, 0.717) is 0 Å². The van der Waals surface area contributed by atoms with Crippen LogP contribution < -0.4 is 0 Å². The van der Waals surface area contributed by atoms with E-state index in [1.807, 2.05) is 6.07 Å². The van der Waals surface area contributed by atoms with Gasteiger partial charge in [0.1, 0.15) is 0 Å². The van der Waals surface area contributed by atoms with E-state index in [1.54, 1.807) is 23.1 Å². The predicted molar refractivity (Wildman–Crippen MR) is 65.9 cm³/mol. The molecule has 4 heteroatoms. The second-order valence-electron chi connectivity index (χ2n) is 2.58. The van der Waals surface area contributed by atoms with E-state index >= 15 is 0 Å². The van der Waals surface area contributed by atoms with Crippen LogP contribution in [0.4, 0.5) is 0 Å². The highest BCUT2D eigenvalue weighted by atomic mass is 35.5. The highest BCUT2D eigenvalue weighted by Gasteiger charge is 2.06. The summed E-state index contributed by atoms with van der Waals surface area (Å²) in [4.78, 5) is 0.847. The van der Waals surface area contributed by atoms with Crippen LogP contribution in [0.5, 0.6) is 0 Å². The van der Waals surface area contributed by atoms with Crippen molar-refractivity contribution in [3.63, 3.8) is 0 Å². The summed E-state index contributed by atoms with van der Waals surface area (Å²) in [5.41, 5.74) is 0. The number of thiophene rings is 1. The van der Waals surface area contributed by atoms with Gasteiger partial charge in [0.25, 0.3) is 0 Å². The van der Waals surface area contributed by atoms with Gasteiger partial charge in [-0.15, -0.1) is 35.7 Å². The van der Waals surface area contributed by atoms with Crippen molar-refractivity contribution in [2.75, 3.05) is 6.26 Å². The van der Waals surface area contributed by atoms with Gasteiger partial charge in [-0.3, -0.25) is 0 Å². The lowest BCUT2D eigenvalue weighted by molar-refractivity contribution is 1.53. The summed E-state index contributed by atoms with van der Waals surface area (Å²) >= 11 is 13.9. The second-order valence-corrected chi connectivity index (χ2v) is 5.63. The molecule has 0 nitrogen and oxygen atoms in total. The van der Waals surface area contributed by atoms with Crippen LogP contribution in [0.15, 0.2) is 27.3 Å². The smallest absolute Gasteiger partial charge is 0.0626 e. The van der Waals surface area contributed by atoms with Crippen molar-refractivity contribution >= 4 is 57.4 Å². The number of halogens is 1. The Morgan fingerprint density at radius 3 is 2.92 bits per heavy atom. The molecule has 0 spiro atoms. The van der Waals surface area contributed by atoms with Gasteiger partial charge in [-0.25, -0.2) is 0 Å². The number of fused-ring (bicyclic) bond motifs is 1. The first-order valence-electron chi connectivity index (χ1n) is 3.67. The fraction of sp³-hybridized carbons (Fsp3) is 0.111. The van der Waals surface area contributed by atoms with Crippen LogP contribution in [0, 0.1) is 0 Å². The molecule has 0 bridgehead atoms. The summed E-state index contributed by atoms with van der Waals surface area (Å²) in [6.07, 6.45) is 2.07. The molecule has 0 amide bonds. The molecule has 0 N–H and O–H groups in total. The van der Waals surface area contributed by atoms with Gasteiger partial charge in [0.2, 0.25) is 0 Å². The summed E-state index contributed by atoms with van der Waals surface area (Å²) < 4.78 is 2.52. The van der Waals surface area contributed by atoms with Crippen molar-refractivity contribution in [1.29, 1.82) is 0 Å². The number of rotatable bonds is 1. The van der Waals surface area contributed by atoms with Crippen LogP contribution in [0.1, 0.15) is 0 Å². The number of hydrogen-bond acceptors (Lipinski definition) is 3. The minimum absolute atomic E-state index is 0.761. The monoisotopic (exact) mass is 246 g/mol. The van der Waals surface area contributed by atoms with Crippen LogP contribution in [-0.2, 0) is 0 Å². The molecule has 0 saturated carbocycles. The Bertz CT molecular complexity index is 447. The van der Waals surface area contributed by atoms with Crippen LogP contribution in [-0.4, -0.2) is 6.26 Å². The Morgan fingerprint density at radius 2 is 2.23 bits per heavy atom. The Balaban J connectivity index is 2.76. The van der Waals surface area contributed by atoms with E-state index in [0.717, 1.165) is 15.3 Å². The van der Waals surface area contributed by atoms with Crippen LogP contribution in [0.2, 0.25) is 5.02 Å². The van der Waals surface area contributed by atoms with Crippen LogP contribution >= 0.6 is 47.3 Å². The first-order valence-corrected chi connectivity index (χ1v) is 6.54. The average molecular weight is 247 g/mol. The molecule has 2 rings (SSSR count). The zero-order valence-electron chi connectivity index (χ0n) is 6.87. The van der Waals surface area contributed by atoms with Crippen molar-refractivity contribution in [2.45, 2.75) is 9.10 Å². The van der Waals surface area contributed by atoms with Crippen LogP contribution in [0.3, 0.4) is 0 Å². The number of thiol groups is 1. The molecule has 1 heterocycles. The lowest BCUT2D eigenvalue weighted by atomic mass is 10.3. The Morgan fingerprint density at radius 1 is 1.46 bits per heavy atom. The summed E-state index contributed by atoms with van der Waals surface area (Å²) in [6, 6.07) is 6.12. The lowest BCUT2D eigenvalue weighted by Crippen LogP contribution is -1.69. The van der Waals surface area contributed by atoms with Gasteiger partial charge in [0.15, 0.2) is 0 Å². The van der Waals surface area contributed by atoms with E-state index in [1.165, 1.54) is 8.91 Å². The molecule has 0 atom stereocenters. The Kier molecular flexibility index (Phi) is 2.79. The van der Waals surface area contributed by atoms with Gasteiger partial charge in [0, 0.05) is 15.0 Å². The SMILES string of the molecule is CSc1cc2c(Cl)c(S)ccc2s1. The van der Waals surface area contributed by atoms with E-state index in [4.69, 9.17) is 11.6 Å². The number of benzene rings is 1. The highest BCUT2D eigenvalue weighted by molar-refractivity contribution is 8.00. The normalized spacial score (nSPS) is 11.0. The maximum absolute atomic E-state index is 6.12. The molecule has 0 aliphatic rings. The molecule has 0 fully saturated rings. The van der Waals surface area contributed by atoms with Crippen molar-refractivity contribution in [1.82, 2.24) is 0 Å². The van der Waals surface area contributed by atoms with Gasteiger partial charge >= 0.3 is 0 Å². The maximum Gasteiger partial charge on any atom is 0.0626 e. The standard InChI is InChI=1S/C9H7ClS3/c1-12-8-4-5-7(13-8)3-2-6(11)9(5)10/h2-4,11H,1H3. The van der Waals surface area contributed by atoms with E-state index in [-0.39, 0.29) is 0 Å². The quantitative estimate of drug-likeness (QED) is 0.568. The molecule has 1 aromatic carbocycles. The van der Waals surface area contributed by atoms with E-state index < -0.39 is 0 Å². The first-order chi connectivity index (χ1) is 6.22. The Hall–Kier alpha value is 0.170. The largest absolute Gasteiger partial charge is 0.142 e. The number of thioether (sulfide) groups is 1. The molecule has 1 aromatic heterocycles. The summed E-state index contributed by atoms with van der Waals surface area (Å²) in [5, 5.41) is 1.88. The van der Waals surface area contributed by atoms with Gasteiger partial charge in [-0.1, -0.05) is 11.6 Å². The van der Waals surface area contributed by atoms with Crippen LogP contribution in [0.25, 0.3) is 10.1 Å². The van der Waals surface area contributed by atoms with Gasteiger partial charge in [-0.05, 0) is 24.5 Å². The molecule has 0 aliphatic heterocycles. The first kappa shape index (κ1) is 9.71. The zero-order valence-corrected chi connectivity index (χ0v) is 10.2. The third-order valence-corrected chi connectivity index (χ3v) is 4.87. The molecule has 2 aromatic rings. The van der Waals surface area contributed by atoms with Crippen molar-refractivity contribution in [3.8, 4) is 0 Å².